The van der Waals surface area contributed by atoms with Crippen LogP contribution >= 0.6 is 0 Å². The Balaban J connectivity index is 1.48. The maximum absolute atomic E-state index is 12.9. The van der Waals surface area contributed by atoms with E-state index in [1.165, 1.54) is 17.2 Å². The Morgan fingerprint density at radius 2 is 1.79 bits per heavy atom. The SMILES string of the molecule is Cc1ccccc1CN1CCCN(C(=O)c2cc(=O)c3ccccc3o2)CC1. The van der Waals surface area contributed by atoms with Crippen LogP contribution < -0.4 is 5.43 Å². The molecule has 3 aromatic rings. The predicted molar refractivity (Wildman–Crippen MR) is 109 cm³/mol. The molecule has 1 saturated heterocycles. The Labute approximate surface area is 164 Å². The van der Waals surface area contributed by atoms with Crippen molar-refractivity contribution in [2.45, 2.75) is 19.9 Å². The maximum Gasteiger partial charge on any atom is 0.289 e. The molecule has 1 aliphatic heterocycles. The van der Waals surface area contributed by atoms with Gasteiger partial charge in [-0.15, -0.1) is 0 Å². The van der Waals surface area contributed by atoms with Gasteiger partial charge >= 0.3 is 0 Å². The third kappa shape index (κ3) is 3.85. The lowest BCUT2D eigenvalue weighted by Crippen LogP contribution is -2.35. The van der Waals surface area contributed by atoms with Crippen molar-refractivity contribution in [1.29, 1.82) is 0 Å². The Hall–Kier alpha value is -2.92. The first-order valence-corrected chi connectivity index (χ1v) is 9.71. The molecule has 0 atom stereocenters. The normalized spacial score (nSPS) is 15.5. The van der Waals surface area contributed by atoms with E-state index in [-0.39, 0.29) is 17.1 Å². The summed E-state index contributed by atoms with van der Waals surface area (Å²) in [7, 11) is 0. The minimum absolute atomic E-state index is 0.121. The Bertz CT molecular complexity index is 1060. The molecule has 2 aromatic carbocycles. The van der Waals surface area contributed by atoms with E-state index in [1.54, 1.807) is 29.2 Å². The van der Waals surface area contributed by atoms with Crippen LogP contribution in [-0.2, 0) is 6.54 Å². The van der Waals surface area contributed by atoms with Gasteiger partial charge in [-0.05, 0) is 36.6 Å². The van der Waals surface area contributed by atoms with E-state index in [1.807, 2.05) is 0 Å². The highest BCUT2D eigenvalue weighted by Crippen LogP contribution is 2.16. The van der Waals surface area contributed by atoms with E-state index in [0.29, 0.717) is 24.1 Å². The van der Waals surface area contributed by atoms with Crippen LogP contribution in [0, 0.1) is 6.92 Å². The fourth-order valence-electron chi connectivity index (χ4n) is 3.73. The molecule has 5 nitrogen and oxygen atoms in total. The summed E-state index contributed by atoms with van der Waals surface area (Å²) < 4.78 is 5.73. The van der Waals surface area contributed by atoms with E-state index in [9.17, 15) is 9.59 Å². The number of fused-ring (bicyclic) bond motifs is 1. The van der Waals surface area contributed by atoms with Gasteiger partial charge in [0.15, 0.2) is 11.2 Å². The summed E-state index contributed by atoms with van der Waals surface area (Å²) in [5.41, 5.74) is 2.89. The summed E-state index contributed by atoms with van der Waals surface area (Å²) in [4.78, 5) is 29.4. The number of amides is 1. The molecule has 1 aliphatic rings. The monoisotopic (exact) mass is 376 g/mol. The number of carbonyl (C=O) groups excluding carboxylic acids is 1. The van der Waals surface area contributed by atoms with Crippen molar-refractivity contribution >= 4 is 16.9 Å². The van der Waals surface area contributed by atoms with E-state index in [4.69, 9.17) is 4.42 Å². The summed E-state index contributed by atoms with van der Waals surface area (Å²) >= 11 is 0. The average molecular weight is 376 g/mol. The van der Waals surface area contributed by atoms with E-state index >= 15 is 0 Å². The number of nitrogens with zero attached hydrogens (tertiary/aromatic N) is 2. The number of benzene rings is 2. The molecule has 0 unspecified atom stereocenters. The van der Waals surface area contributed by atoms with Crippen LogP contribution in [0.5, 0.6) is 0 Å². The van der Waals surface area contributed by atoms with Crippen LogP contribution in [0.25, 0.3) is 11.0 Å². The number of carbonyl (C=O) groups is 1. The zero-order chi connectivity index (χ0) is 19.5. The van der Waals surface area contributed by atoms with Crippen LogP contribution in [0.3, 0.4) is 0 Å². The molecule has 0 aliphatic carbocycles. The van der Waals surface area contributed by atoms with Crippen LogP contribution in [0.2, 0.25) is 0 Å². The van der Waals surface area contributed by atoms with Gasteiger partial charge in [0.2, 0.25) is 0 Å². The number of aryl methyl sites for hydroxylation is 1. The van der Waals surface area contributed by atoms with Crippen LogP contribution in [0.4, 0.5) is 0 Å². The lowest BCUT2D eigenvalue weighted by Gasteiger charge is -2.22. The topological polar surface area (TPSA) is 53.8 Å². The maximum atomic E-state index is 12.9. The summed E-state index contributed by atoms with van der Waals surface area (Å²) in [6.07, 6.45) is 0.898. The van der Waals surface area contributed by atoms with Gasteiger partial charge in [0, 0.05) is 38.8 Å². The van der Waals surface area contributed by atoms with Crippen molar-refractivity contribution in [3.05, 3.63) is 81.7 Å². The van der Waals surface area contributed by atoms with Crippen LogP contribution in [0.15, 0.2) is 63.8 Å². The molecular weight excluding hydrogens is 352 g/mol. The number of hydrogen-bond acceptors (Lipinski definition) is 4. The molecule has 1 aromatic heterocycles. The molecule has 0 radical (unpaired) electrons. The van der Waals surface area contributed by atoms with Gasteiger partial charge in [-0.25, -0.2) is 0 Å². The Morgan fingerprint density at radius 3 is 2.64 bits per heavy atom. The fraction of sp³-hybridized carbons (Fsp3) is 0.304. The zero-order valence-electron chi connectivity index (χ0n) is 16.1. The molecule has 1 amide bonds. The van der Waals surface area contributed by atoms with E-state index in [2.05, 4.69) is 36.1 Å². The first kappa shape index (κ1) is 18.4. The fourth-order valence-corrected chi connectivity index (χ4v) is 3.73. The number of hydrogen-bond donors (Lipinski definition) is 0. The molecule has 28 heavy (non-hydrogen) atoms. The second kappa shape index (κ2) is 7.98. The molecule has 5 heteroatoms. The molecular formula is C23H24N2O3. The standard InChI is InChI=1S/C23H24N2O3/c1-17-7-2-3-8-18(17)16-24-11-6-12-25(14-13-24)23(27)22-15-20(26)19-9-4-5-10-21(19)28-22/h2-5,7-10,15H,6,11-14,16H2,1H3. The molecule has 144 valence electrons. The third-order valence-corrected chi connectivity index (χ3v) is 5.38. The Kier molecular flexibility index (Phi) is 5.26. The Morgan fingerprint density at radius 1 is 1.00 bits per heavy atom. The van der Waals surface area contributed by atoms with Gasteiger partial charge in [-0.2, -0.15) is 0 Å². The largest absolute Gasteiger partial charge is 0.451 e. The lowest BCUT2D eigenvalue weighted by atomic mass is 10.1. The molecule has 0 N–H and O–H groups in total. The number of rotatable bonds is 3. The average Bonchev–Trinajstić information content (AvgIpc) is 2.95. The lowest BCUT2D eigenvalue weighted by molar-refractivity contribution is 0.0729. The first-order chi connectivity index (χ1) is 13.6. The second-order valence-electron chi connectivity index (χ2n) is 7.32. The third-order valence-electron chi connectivity index (χ3n) is 5.38. The molecule has 0 spiro atoms. The quantitative estimate of drug-likeness (QED) is 0.703. The van der Waals surface area contributed by atoms with Crippen molar-refractivity contribution < 1.29 is 9.21 Å². The molecule has 4 rings (SSSR count). The van der Waals surface area contributed by atoms with Crippen LogP contribution in [0.1, 0.15) is 28.1 Å². The summed E-state index contributed by atoms with van der Waals surface area (Å²) in [5, 5.41) is 0.499. The van der Waals surface area contributed by atoms with Gasteiger partial charge in [0.25, 0.3) is 5.91 Å². The predicted octanol–water partition coefficient (Wildman–Crippen LogP) is 3.45. The van der Waals surface area contributed by atoms with Gasteiger partial charge in [-0.1, -0.05) is 36.4 Å². The van der Waals surface area contributed by atoms with Gasteiger partial charge in [0.05, 0.1) is 5.39 Å². The minimum Gasteiger partial charge on any atom is -0.451 e. The van der Waals surface area contributed by atoms with Crippen molar-refractivity contribution in [3.63, 3.8) is 0 Å². The highest BCUT2D eigenvalue weighted by atomic mass is 16.3. The van der Waals surface area contributed by atoms with Crippen molar-refractivity contribution in [1.82, 2.24) is 9.80 Å². The van der Waals surface area contributed by atoms with Crippen molar-refractivity contribution in [2.75, 3.05) is 26.2 Å². The van der Waals surface area contributed by atoms with Gasteiger partial charge < -0.3 is 9.32 Å². The van der Waals surface area contributed by atoms with Gasteiger partial charge in [-0.3, -0.25) is 14.5 Å². The zero-order valence-corrected chi connectivity index (χ0v) is 16.1. The minimum atomic E-state index is -0.208. The van der Waals surface area contributed by atoms with Crippen molar-refractivity contribution in [2.24, 2.45) is 0 Å². The molecule has 0 saturated carbocycles. The summed E-state index contributed by atoms with van der Waals surface area (Å²) in [5.74, 6) is -0.0864. The van der Waals surface area contributed by atoms with Gasteiger partial charge in [0.1, 0.15) is 5.58 Å². The molecule has 1 fully saturated rings. The smallest absolute Gasteiger partial charge is 0.289 e. The van der Waals surface area contributed by atoms with E-state index in [0.717, 1.165) is 26.1 Å². The van der Waals surface area contributed by atoms with E-state index < -0.39 is 0 Å². The summed E-state index contributed by atoms with van der Waals surface area (Å²) in [6.45, 7) is 6.06. The second-order valence-corrected chi connectivity index (χ2v) is 7.32. The summed E-state index contributed by atoms with van der Waals surface area (Å²) in [6, 6.07) is 16.8. The number of para-hydroxylation sites is 1. The van der Waals surface area contributed by atoms with Crippen molar-refractivity contribution in [3.8, 4) is 0 Å². The highest BCUT2D eigenvalue weighted by molar-refractivity contribution is 5.93. The highest BCUT2D eigenvalue weighted by Gasteiger charge is 2.23. The molecule has 2 heterocycles. The molecule has 0 bridgehead atoms. The first-order valence-electron chi connectivity index (χ1n) is 9.71. The van der Waals surface area contributed by atoms with Crippen LogP contribution in [-0.4, -0.2) is 41.9 Å².